The van der Waals surface area contributed by atoms with Crippen LogP contribution in [0, 0.1) is 13.8 Å². The van der Waals surface area contributed by atoms with E-state index < -0.39 is 22.5 Å². The lowest BCUT2D eigenvalue weighted by Crippen LogP contribution is -2.41. The molecule has 0 saturated heterocycles. The van der Waals surface area contributed by atoms with E-state index in [1.807, 2.05) is 39.0 Å². The number of anilines is 1. The summed E-state index contributed by atoms with van der Waals surface area (Å²) in [7, 11) is -2.64. The van der Waals surface area contributed by atoms with Crippen molar-refractivity contribution in [2.75, 3.05) is 18.0 Å². The van der Waals surface area contributed by atoms with Gasteiger partial charge in [-0.15, -0.1) is 0 Å². The summed E-state index contributed by atoms with van der Waals surface area (Å²) < 4.78 is 33.5. The number of hydrogen-bond donors (Lipinski definition) is 1. The Labute approximate surface area is 200 Å². The molecular formula is C25H27ClN2O4S. The second-order valence-corrected chi connectivity index (χ2v) is 10.1. The summed E-state index contributed by atoms with van der Waals surface area (Å²) in [5.41, 5.74) is 3.39. The van der Waals surface area contributed by atoms with E-state index in [4.69, 9.17) is 16.3 Å². The van der Waals surface area contributed by atoms with Gasteiger partial charge in [0, 0.05) is 5.02 Å². The lowest BCUT2D eigenvalue weighted by Gasteiger charge is -2.26. The summed E-state index contributed by atoms with van der Waals surface area (Å²) in [5, 5.41) is 3.22. The monoisotopic (exact) mass is 486 g/mol. The van der Waals surface area contributed by atoms with E-state index in [1.54, 1.807) is 30.3 Å². The maximum Gasteiger partial charge on any atom is 0.264 e. The molecule has 0 aliphatic carbocycles. The highest BCUT2D eigenvalue weighted by Crippen LogP contribution is 2.34. The Morgan fingerprint density at radius 2 is 1.73 bits per heavy atom. The van der Waals surface area contributed by atoms with Gasteiger partial charge in [-0.25, -0.2) is 8.42 Å². The molecule has 3 rings (SSSR count). The molecule has 1 amide bonds. The van der Waals surface area contributed by atoms with Gasteiger partial charge in [-0.05, 0) is 67.8 Å². The van der Waals surface area contributed by atoms with Crippen molar-refractivity contribution in [1.29, 1.82) is 0 Å². The first-order valence-electron chi connectivity index (χ1n) is 10.4. The van der Waals surface area contributed by atoms with Crippen LogP contribution >= 0.6 is 11.6 Å². The van der Waals surface area contributed by atoms with Gasteiger partial charge in [0.2, 0.25) is 5.91 Å². The normalized spacial score (nSPS) is 12.2. The molecule has 0 spiro atoms. The fourth-order valence-corrected chi connectivity index (χ4v) is 5.02. The van der Waals surface area contributed by atoms with Crippen LogP contribution in [0.15, 0.2) is 71.6 Å². The first-order valence-corrected chi connectivity index (χ1v) is 12.2. The Morgan fingerprint density at radius 3 is 2.36 bits per heavy atom. The number of amides is 1. The molecule has 0 aliphatic heterocycles. The highest BCUT2D eigenvalue weighted by molar-refractivity contribution is 7.92. The van der Waals surface area contributed by atoms with Crippen molar-refractivity contribution in [3.05, 3.63) is 88.4 Å². The van der Waals surface area contributed by atoms with E-state index in [0.717, 1.165) is 21.0 Å². The van der Waals surface area contributed by atoms with Gasteiger partial charge in [0.25, 0.3) is 10.0 Å². The highest BCUT2D eigenvalue weighted by atomic mass is 35.5. The van der Waals surface area contributed by atoms with E-state index in [1.165, 1.54) is 25.3 Å². The molecule has 0 radical (unpaired) electrons. The highest BCUT2D eigenvalue weighted by Gasteiger charge is 2.30. The molecule has 0 fully saturated rings. The minimum Gasteiger partial charge on any atom is -0.495 e. The van der Waals surface area contributed by atoms with E-state index >= 15 is 0 Å². The molecule has 6 nitrogen and oxygen atoms in total. The molecular weight excluding hydrogens is 460 g/mol. The van der Waals surface area contributed by atoms with Gasteiger partial charge in [-0.2, -0.15) is 0 Å². The Morgan fingerprint density at radius 1 is 1.03 bits per heavy atom. The molecule has 1 N–H and O–H groups in total. The number of carbonyl (C=O) groups is 1. The standard InChI is InChI=1S/C25H27ClN2O4S/c1-17-10-11-20(14-18(17)2)19(3)27-25(29)16-28(23-15-21(26)12-13-24(23)32-4)33(30,31)22-8-6-5-7-9-22/h5-15,19H,16H2,1-4H3,(H,27,29). The number of methoxy groups -OCH3 is 1. The summed E-state index contributed by atoms with van der Waals surface area (Å²) in [6.07, 6.45) is 0. The maximum absolute atomic E-state index is 13.5. The number of halogens is 1. The fourth-order valence-electron chi connectivity index (χ4n) is 3.41. The van der Waals surface area contributed by atoms with E-state index in [-0.39, 0.29) is 22.4 Å². The molecule has 8 heteroatoms. The first-order chi connectivity index (χ1) is 15.6. The third kappa shape index (κ3) is 5.67. The van der Waals surface area contributed by atoms with E-state index in [9.17, 15) is 13.2 Å². The van der Waals surface area contributed by atoms with Crippen LogP contribution in [0.4, 0.5) is 5.69 Å². The van der Waals surface area contributed by atoms with Gasteiger partial charge in [0.05, 0.1) is 23.7 Å². The van der Waals surface area contributed by atoms with Crippen molar-refractivity contribution in [2.24, 2.45) is 0 Å². The van der Waals surface area contributed by atoms with Crippen molar-refractivity contribution < 1.29 is 17.9 Å². The molecule has 0 aliphatic rings. The number of carbonyl (C=O) groups excluding carboxylic acids is 1. The summed E-state index contributed by atoms with van der Waals surface area (Å²) >= 11 is 6.16. The van der Waals surface area contributed by atoms with Crippen LogP contribution in [0.3, 0.4) is 0 Å². The minimum atomic E-state index is -4.08. The average Bonchev–Trinajstić information content (AvgIpc) is 2.79. The second-order valence-electron chi connectivity index (χ2n) is 7.77. The number of sulfonamides is 1. The fraction of sp³-hybridized carbons (Fsp3) is 0.240. The summed E-state index contributed by atoms with van der Waals surface area (Å²) in [6.45, 7) is 5.45. The van der Waals surface area contributed by atoms with Crippen LogP contribution < -0.4 is 14.4 Å². The van der Waals surface area contributed by atoms with Crippen molar-refractivity contribution in [1.82, 2.24) is 5.32 Å². The number of rotatable bonds is 8. The number of benzene rings is 3. The van der Waals surface area contributed by atoms with Gasteiger partial charge in [0.15, 0.2) is 0 Å². The Balaban J connectivity index is 1.95. The zero-order valence-corrected chi connectivity index (χ0v) is 20.6. The predicted molar refractivity (Wildman–Crippen MR) is 131 cm³/mol. The molecule has 1 atom stereocenters. The molecule has 0 aromatic heterocycles. The van der Waals surface area contributed by atoms with Gasteiger partial charge in [0.1, 0.15) is 12.3 Å². The predicted octanol–water partition coefficient (Wildman–Crippen LogP) is 5.04. The molecule has 1 unspecified atom stereocenters. The first kappa shape index (κ1) is 24.6. The van der Waals surface area contributed by atoms with Crippen molar-refractivity contribution >= 4 is 33.2 Å². The number of nitrogens with zero attached hydrogens (tertiary/aromatic N) is 1. The number of nitrogens with one attached hydrogen (secondary N) is 1. The van der Waals surface area contributed by atoms with Crippen LogP contribution in [-0.4, -0.2) is 28.0 Å². The van der Waals surface area contributed by atoms with Crippen LogP contribution in [0.25, 0.3) is 0 Å². The Kier molecular flexibility index (Phi) is 7.66. The van der Waals surface area contributed by atoms with Crippen LogP contribution in [0.2, 0.25) is 5.02 Å². The lowest BCUT2D eigenvalue weighted by atomic mass is 10.0. The summed E-state index contributed by atoms with van der Waals surface area (Å²) in [6, 6.07) is 18.2. The van der Waals surface area contributed by atoms with Crippen LogP contribution in [0.5, 0.6) is 5.75 Å². The number of ether oxygens (including phenoxy) is 1. The van der Waals surface area contributed by atoms with Crippen molar-refractivity contribution in [3.63, 3.8) is 0 Å². The van der Waals surface area contributed by atoms with Gasteiger partial charge >= 0.3 is 0 Å². The summed E-state index contributed by atoms with van der Waals surface area (Å²) in [4.78, 5) is 13.1. The van der Waals surface area contributed by atoms with Gasteiger partial charge in [-0.3, -0.25) is 9.10 Å². The molecule has 33 heavy (non-hydrogen) atoms. The second kappa shape index (κ2) is 10.3. The Bertz CT molecular complexity index is 1250. The van der Waals surface area contributed by atoms with Crippen molar-refractivity contribution in [3.8, 4) is 5.75 Å². The third-order valence-corrected chi connectivity index (χ3v) is 7.45. The smallest absolute Gasteiger partial charge is 0.264 e. The van der Waals surface area contributed by atoms with Gasteiger partial charge in [-0.1, -0.05) is 48.0 Å². The number of aryl methyl sites for hydroxylation is 2. The zero-order valence-electron chi connectivity index (χ0n) is 19.0. The Hall–Kier alpha value is -3.03. The molecule has 0 heterocycles. The largest absolute Gasteiger partial charge is 0.495 e. The molecule has 3 aromatic carbocycles. The molecule has 3 aromatic rings. The molecule has 0 saturated carbocycles. The quantitative estimate of drug-likeness (QED) is 0.484. The van der Waals surface area contributed by atoms with Gasteiger partial charge < -0.3 is 10.1 Å². The third-order valence-electron chi connectivity index (χ3n) is 5.44. The SMILES string of the molecule is COc1ccc(Cl)cc1N(CC(=O)NC(C)c1ccc(C)c(C)c1)S(=O)(=O)c1ccccc1. The lowest BCUT2D eigenvalue weighted by molar-refractivity contribution is -0.120. The zero-order chi connectivity index (χ0) is 24.2. The molecule has 174 valence electrons. The van der Waals surface area contributed by atoms with E-state index in [2.05, 4.69) is 5.32 Å². The maximum atomic E-state index is 13.5. The average molecular weight is 487 g/mol. The van der Waals surface area contributed by atoms with Crippen LogP contribution in [-0.2, 0) is 14.8 Å². The topological polar surface area (TPSA) is 75.7 Å². The van der Waals surface area contributed by atoms with Crippen molar-refractivity contribution in [2.45, 2.75) is 31.7 Å². The number of hydrogen-bond acceptors (Lipinski definition) is 4. The van der Waals surface area contributed by atoms with Crippen LogP contribution in [0.1, 0.15) is 29.7 Å². The summed E-state index contributed by atoms with van der Waals surface area (Å²) in [5.74, 6) is -0.170. The van der Waals surface area contributed by atoms with E-state index in [0.29, 0.717) is 5.02 Å². The minimum absolute atomic E-state index is 0.0574. The molecule has 0 bridgehead atoms.